The summed E-state index contributed by atoms with van der Waals surface area (Å²) in [6.45, 7) is 4.95. The topological polar surface area (TPSA) is 67.2 Å². The van der Waals surface area contributed by atoms with Gasteiger partial charge in [0.25, 0.3) is 0 Å². The molecule has 1 aromatic heterocycles. The standard InChI is InChI=1S/C20H26N4O2S/c1-4-17(24-18-13-14(2)22-23(18)12-10-19(24)25)20(26)21-11-9-15-5-7-16(27-3)8-6-15/h5-8,13,17H,4,9-12H2,1-3H3,(H,21,26)/t17-/m1/s1. The Hall–Kier alpha value is -2.28. The predicted molar refractivity (Wildman–Crippen MR) is 108 cm³/mol. The number of amides is 2. The van der Waals surface area contributed by atoms with Gasteiger partial charge in [0.1, 0.15) is 11.9 Å². The van der Waals surface area contributed by atoms with Gasteiger partial charge in [-0.05, 0) is 43.7 Å². The van der Waals surface area contributed by atoms with Gasteiger partial charge in [0.05, 0.1) is 12.2 Å². The van der Waals surface area contributed by atoms with E-state index < -0.39 is 6.04 Å². The second-order valence-electron chi connectivity index (χ2n) is 6.69. The summed E-state index contributed by atoms with van der Waals surface area (Å²) in [5, 5.41) is 7.42. The number of rotatable bonds is 7. The van der Waals surface area contributed by atoms with Crippen LogP contribution >= 0.6 is 11.8 Å². The van der Waals surface area contributed by atoms with Crippen molar-refractivity contribution in [1.82, 2.24) is 15.1 Å². The van der Waals surface area contributed by atoms with Crippen molar-refractivity contribution in [1.29, 1.82) is 0 Å². The molecule has 2 amide bonds. The number of hydrogen-bond donors (Lipinski definition) is 1. The van der Waals surface area contributed by atoms with E-state index in [2.05, 4.69) is 40.9 Å². The molecule has 0 saturated carbocycles. The van der Waals surface area contributed by atoms with Crippen molar-refractivity contribution in [2.75, 3.05) is 17.7 Å². The van der Waals surface area contributed by atoms with Gasteiger partial charge in [-0.1, -0.05) is 19.1 Å². The minimum Gasteiger partial charge on any atom is -0.354 e. The number of thioether (sulfide) groups is 1. The van der Waals surface area contributed by atoms with Crippen molar-refractivity contribution < 1.29 is 9.59 Å². The number of carbonyl (C=O) groups is 2. The van der Waals surface area contributed by atoms with Crippen LogP contribution in [0.3, 0.4) is 0 Å². The van der Waals surface area contributed by atoms with Crippen LogP contribution in [0, 0.1) is 6.92 Å². The number of nitrogens with one attached hydrogen (secondary N) is 1. The molecular weight excluding hydrogens is 360 g/mol. The third-order valence-corrected chi connectivity index (χ3v) is 5.55. The zero-order valence-electron chi connectivity index (χ0n) is 16.1. The Balaban J connectivity index is 1.64. The summed E-state index contributed by atoms with van der Waals surface area (Å²) in [4.78, 5) is 28.2. The molecule has 1 aliphatic heterocycles. The molecule has 0 unspecified atom stereocenters. The fourth-order valence-corrected chi connectivity index (χ4v) is 3.81. The van der Waals surface area contributed by atoms with E-state index in [-0.39, 0.29) is 11.8 Å². The molecule has 0 fully saturated rings. The van der Waals surface area contributed by atoms with Gasteiger partial charge < -0.3 is 5.32 Å². The van der Waals surface area contributed by atoms with E-state index in [0.29, 0.717) is 25.9 Å². The fraction of sp³-hybridized carbons (Fsp3) is 0.450. The van der Waals surface area contributed by atoms with Crippen LogP contribution in [0.15, 0.2) is 35.2 Å². The highest BCUT2D eigenvalue weighted by Gasteiger charge is 2.34. The maximum absolute atomic E-state index is 12.8. The van der Waals surface area contributed by atoms with Crippen molar-refractivity contribution >= 4 is 29.4 Å². The molecule has 0 spiro atoms. The number of benzene rings is 1. The first-order valence-corrected chi connectivity index (χ1v) is 10.5. The van der Waals surface area contributed by atoms with Crippen molar-refractivity contribution in [2.45, 2.75) is 50.6 Å². The van der Waals surface area contributed by atoms with E-state index in [0.717, 1.165) is 17.9 Å². The van der Waals surface area contributed by atoms with Crippen molar-refractivity contribution in [3.8, 4) is 0 Å². The number of aryl methyl sites for hydroxylation is 2. The minimum atomic E-state index is -0.508. The first-order valence-electron chi connectivity index (χ1n) is 9.30. The Labute approximate surface area is 164 Å². The largest absolute Gasteiger partial charge is 0.354 e. The van der Waals surface area contributed by atoms with Crippen LogP contribution in [0.25, 0.3) is 0 Å². The van der Waals surface area contributed by atoms with Crippen LogP contribution < -0.4 is 10.2 Å². The quantitative estimate of drug-likeness (QED) is 0.743. The number of carbonyl (C=O) groups excluding carboxylic acids is 2. The molecule has 1 atom stereocenters. The summed E-state index contributed by atoms with van der Waals surface area (Å²) < 4.78 is 1.82. The van der Waals surface area contributed by atoms with E-state index in [4.69, 9.17) is 0 Å². The van der Waals surface area contributed by atoms with Crippen LogP contribution in [-0.2, 0) is 22.6 Å². The molecule has 0 bridgehead atoms. The molecule has 0 saturated heterocycles. The van der Waals surface area contributed by atoms with Gasteiger partial charge in [-0.15, -0.1) is 11.8 Å². The SMILES string of the molecule is CC[C@H](C(=O)NCCc1ccc(SC)cc1)N1C(=O)CCn2nc(C)cc21. The van der Waals surface area contributed by atoms with Gasteiger partial charge >= 0.3 is 0 Å². The molecule has 144 valence electrons. The van der Waals surface area contributed by atoms with Gasteiger partial charge in [-0.3, -0.25) is 14.5 Å². The number of aromatic nitrogens is 2. The molecular formula is C20H26N4O2S. The Bertz CT molecular complexity index is 816. The second-order valence-corrected chi connectivity index (χ2v) is 7.57. The summed E-state index contributed by atoms with van der Waals surface area (Å²) in [7, 11) is 0. The molecule has 3 rings (SSSR count). The van der Waals surface area contributed by atoms with E-state index in [9.17, 15) is 9.59 Å². The molecule has 2 heterocycles. The Morgan fingerprint density at radius 1 is 1.33 bits per heavy atom. The molecule has 1 aliphatic rings. The normalized spacial score (nSPS) is 14.8. The first-order chi connectivity index (χ1) is 13.0. The van der Waals surface area contributed by atoms with Crippen LogP contribution in [0.5, 0.6) is 0 Å². The van der Waals surface area contributed by atoms with Gasteiger partial charge in [0.2, 0.25) is 11.8 Å². The Kier molecular flexibility index (Phi) is 6.21. The van der Waals surface area contributed by atoms with Crippen LogP contribution in [-0.4, -0.2) is 40.4 Å². The number of anilines is 1. The molecule has 1 aromatic carbocycles. The van der Waals surface area contributed by atoms with Gasteiger partial charge in [-0.2, -0.15) is 5.10 Å². The van der Waals surface area contributed by atoms with Gasteiger partial charge in [0, 0.05) is 23.9 Å². The summed E-state index contributed by atoms with van der Waals surface area (Å²) >= 11 is 1.71. The predicted octanol–water partition coefficient (Wildman–Crippen LogP) is 2.79. The zero-order chi connectivity index (χ0) is 19.4. The number of nitrogens with zero attached hydrogens (tertiary/aromatic N) is 3. The van der Waals surface area contributed by atoms with E-state index in [1.54, 1.807) is 16.7 Å². The Morgan fingerprint density at radius 3 is 2.74 bits per heavy atom. The third-order valence-electron chi connectivity index (χ3n) is 4.81. The maximum atomic E-state index is 12.8. The average Bonchev–Trinajstić information content (AvgIpc) is 3.05. The first kappa shape index (κ1) is 19.5. The fourth-order valence-electron chi connectivity index (χ4n) is 3.40. The molecule has 27 heavy (non-hydrogen) atoms. The summed E-state index contributed by atoms with van der Waals surface area (Å²) in [6, 6.07) is 9.72. The van der Waals surface area contributed by atoms with Gasteiger partial charge in [0.15, 0.2) is 0 Å². The highest BCUT2D eigenvalue weighted by molar-refractivity contribution is 7.98. The highest BCUT2D eigenvalue weighted by atomic mass is 32.2. The molecule has 1 N–H and O–H groups in total. The van der Waals surface area contributed by atoms with E-state index in [1.165, 1.54) is 10.5 Å². The van der Waals surface area contributed by atoms with Crippen molar-refractivity contribution in [3.05, 3.63) is 41.6 Å². The van der Waals surface area contributed by atoms with Crippen molar-refractivity contribution in [3.63, 3.8) is 0 Å². The number of fused-ring (bicyclic) bond motifs is 1. The van der Waals surface area contributed by atoms with Crippen LogP contribution in [0.2, 0.25) is 0 Å². The molecule has 7 heteroatoms. The Morgan fingerprint density at radius 2 is 2.07 bits per heavy atom. The second kappa shape index (κ2) is 8.61. The van der Waals surface area contributed by atoms with E-state index in [1.807, 2.05) is 24.6 Å². The van der Waals surface area contributed by atoms with Gasteiger partial charge in [-0.25, -0.2) is 4.68 Å². The van der Waals surface area contributed by atoms with E-state index >= 15 is 0 Å². The lowest BCUT2D eigenvalue weighted by molar-refractivity contribution is -0.127. The summed E-state index contributed by atoms with van der Waals surface area (Å²) in [5.41, 5.74) is 2.04. The monoisotopic (exact) mass is 386 g/mol. The average molecular weight is 387 g/mol. The summed E-state index contributed by atoms with van der Waals surface area (Å²) in [6.07, 6.45) is 3.75. The molecule has 2 aromatic rings. The zero-order valence-corrected chi connectivity index (χ0v) is 16.9. The minimum absolute atomic E-state index is 0.0166. The van der Waals surface area contributed by atoms with Crippen LogP contribution in [0.1, 0.15) is 31.0 Å². The lowest BCUT2D eigenvalue weighted by Crippen LogP contribution is -2.52. The highest BCUT2D eigenvalue weighted by Crippen LogP contribution is 2.26. The molecule has 6 nitrogen and oxygen atoms in total. The summed E-state index contributed by atoms with van der Waals surface area (Å²) in [5.74, 6) is 0.592. The number of hydrogen-bond acceptors (Lipinski definition) is 4. The molecule has 0 aliphatic carbocycles. The smallest absolute Gasteiger partial charge is 0.243 e. The lowest BCUT2D eigenvalue weighted by Gasteiger charge is -2.33. The maximum Gasteiger partial charge on any atom is 0.243 e. The molecule has 0 radical (unpaired) electrons. The van der Waals surface area contributed by atoms with Crippen molar-refractivity contribution in [2.24, 2.45) is 0 Å². The van der Waals surface area contributed by atoms with Crippen LogP contribution in [0.4, 0.5) is 5.82 Å². The third kappa shape index (κ3) is 4.35. The lowest BCUT2D eigenvalue weighted by atomic mass is 10.1.